The summed E-state index contributed by atoms with van der Waals surface area (Å²) < 4.78 is 1.77. The van der Waals surface area contributed by atoms with Crippen LogP contribution in [-0.2, 0) is 11.3 Å². The average Bonchev–Trinajstić information content (AvgIpc) is 2.55. The van der Waals surface area contributed by atoms with E-state index in [9.17, 15) is 4.79 Å². The quantitative estimate of drug-likeness (QED) is 0.774. The Kier molecular flexibility index (Phi) is 4.76. The number of aryl methyl sites for hydroxylation is 1. The van der Waals surface area contributed by atoms with Gasteiger partial charge >= 0.3 is 0 Å². The summed E-state index contributed by atoms with van der Waals surface area (Å²) in [5, 5.41) is 7.78. The number of nitrogens with one attached hydrogen (secondary N) is 1. The first-order chi connectivity index (χ1) is 7.56. The highest BCUT2D eigenvalue weighted by atomic mass is 35.5. The maximum atomic E-state index is 11.1. The van der Waals surface area contributed by atoms with Crippen molar-refractivity contribution in [2.45, 2.75) is 32.9 Å². The standard InChI is InChI=1S/C10H17ClN4O/c1-3-13-9(10(12)16)4-5-15-7(2)8(11)6-14-15/h6,9,13H,3-5H2,1-2H3,(H2,12,16). The maximum absolute atomic E-state index is 11.1. The number of nitrogens with two attached hydrogens (primary N) is 1. The van der Waals surface area contributed by atoms with Gasteiger partial charge in [-0.15, -0.1) is 0 Å². The summed E-state index contributed by atoms with van der Waals surface area (Å²) in [7, 11) is 0. The van der Waals surface area contributed by atoms with Gasteiger partial charge in [-0.05, 0) is 19.9 Å². The molecule has 1 heterocycles. The van der Waals surface area contributed by atoms with Crippen LogP contribution in [0.4, 0.5) is 0 Å². The van der Waals surface area contributed by atoms with Crippen LogP contribution in [-0.4, -0.2) is 28.3 Å². The summed E-state index contributed by atoms with van der Waals surface area (Å²) in [6.07, 6.45) is 2.21. The molecule has 0 saturated heterocycles. The highest BCUT2D eigenvalue weighted by molar-refractivity contribution is 6.31. The van der Waals surface area contributed by atoms with Crippen molar-refractivity contribution in [3.63, 3.8) is 0 Å². The minimum atomic E-state index is -0.335. The van der Waals surface area contributed by atoms with Crippen molar-refractivity contribution < 1.29 is 4.79 Å². The third-order valence-corrected chi connectivity index (χ3v) is 2.84. The van der Waals surface area contributed by atoms with E-state index in [0.29, 0.717) is 24.5 Å². The van der Waals surface area contributed by atoms with Gasteiger partial charge in [0, 0.05) is 6.54 Å². The van der Waals surface area contributed by atoms with Gasteiger partial charge in [0.25, 0.3) is 0 Å². The van der Waals surface area contributed by atoms with Crippen molar-refractivity contribution in [1.82, 2.24) is 15.1 Å². The molecule has 16 heavy (non-hydrogen) atoms. The lowest BCUT2D eigenvalue weighted by Gasteiger charge is -2.14. The first kappa shape index (κ1) is 13.0. The first-order valence-electron chi connectivity index (χ1n) is 5.26. The molecule has 3 N–H and O–H groups in total. The molecule has 0 aliphatic heterocycles. The minimum Gasteiger partial charge on any atom is -0.368 e. The second-order valence-corrected chi connectivity index (χ2v) is 4.01. The Morgan fingerprint density at radius 3 is 2.88 bits per heavy atom. The number of likely N-dealkylation sites (N-methyl/N-ethyl adjacent to an activating group) is 1. The molecule has 5 nitrogen and oxygen atoms in total. The molecule has 1 atom stereocenters. The monoisotopic (exact) mass is 244 g/mol. The lowest BCUT2D eigenvalue weighted by Crippen LogP contribution is -2.41. The number of nitrogens with zero attached hydrogens (tertiary/aromatic N) is 2. The van der Waals surface area contributed by atoms with Gasteiger partial charge in [0.2, 0.25) is 5.91 Å². The van der Waals surface area contributed by atoms with Gasteiger partial charge in [-0.25, -0.2) is 0 Å². The van der Waals surface area contributed by atoms with Gasteiger partial charge in [-0.2, -0.15) is 5.10 Å². The minimum absolute atomic E-state index is 0.313. The van der Waals surface area contributed by atoms with E-state index in [2.05, 4.69) is 10.4 Å². The van der Waals surface area contributed by atoms with Crippen molar-refractivity contribution in [2.24, 2.45) is 5.73 Å². The predicted octanol–water partition coefficient (Wildman–Crippen LogP) is 0.698. The largest absolute Gasteiger partial charge is 0.368 e. The number of hydrogen-bond donors (Lipinski definition) is 2. The van der Waals surface area contributed by atoms with E-state index < -0.39 is 0 Å². The molecule has 0 aliphatic carbocycles. The molecule has 0 aromatic carbocycles. The Morgan fingerprint density at radius 2 is 2.44 bits per heavy atom. The first-order valence-corrected chi connectivity index (χ1v) is 5.64. The SMILES string of the molecule is CCNC(CCn1ncc(Cl)c1C)C(N)=O. The number of carbonyl (C=O) groups excluding carboxylic acids is 1. The third kappa shape index (κ3) is 3.21. The fourth-order valence-corrected chi connectivity index (χ4v) is 1.63. The summed E-state index contributed by atoms with van der Waals surface area (Å²) in [6.45, 7) is 5.17. The highest BCUT2D eigenvalue weighted by Gasteiger charge is 2.14. The Bertz CT molecular complexity index is 364. The van der Waals surface area contributed by atoms with Crippen molar-refractivity contribution >= 4 is 17.5 Å². The summed E-state index contributed by atoms with van der Waals surface area (Å²) >= 11 is 5.88. The number of primary amides is 1. The molecule has 0 fully saturated rings. The zero-order valence-electron chi connectivity index (χ0n) is 9.53. The summed E-state index contributed by atoms with van der Waals surface area (Å²) in [4.78, 5) is 11.1. The van der Waals surface area contributed by atoms with Crippen LogP contribution in [0.3, 0.4) is 0 Å². The lowest BCUT2D eigenvalue weighted by atomic mass is 10.2. The fourth-order valence-electron chi connectivity index (χ4n) is 1.49. The molecule has 0 bridgehead atoms. The smallest absolute Gasteiger partial charge is 0.234 e. The normalized spacial score (nSPS) is 12.7. The molecule has 1 amide bonds. The van der Waals surface area contributed by atoms with E-state index >= 15 is 0 Å². The molecule has 0 radical (unpaired) electrons. The molecule has 0 spiro atoms. The van der Waals surface area contributed by atoms with Gasteiger partial charge in [0.15, 0.2) is 0 Å². The Balaban J connectivity index is 2.55. The van der Waals surface area contributed by atoms with Crippen molar-refractivity contribution in [2.75, 3.05) is 6.54 Å². The van der Waals surface area contributed by atoms with Gasteiger partial charge in [-0.3, -0.25) is 9.48 Å². The summed E-state index contributed by atoms with van der Waals surface area (Å²) in [5.41, 5.74) is 6.18. The van der Waals surface area contributed by atoms with Crippen molar-refractivity contribution in [1.29, 1.82) is 0 Å². The molecule has 1 unspecified atom stereocenters. The molecule has 0 aliphatic rings. The van der Waals surface area contributed by atoms with Gasteiger partial charge < -0.3 is 11.1 Å². The lowest BCUT2D eigenvalue weighted by molar-refractivity contribution is -0.120. The Hall–Kier alpha value is -1.07. The number of rotatable bonds is 6. The molecule has 1 aromatic rings. The molecule has 1 rings (SSSR count). The average molecular weight is 245 g/mol. The van der Waals surface area contributed by atoms with Crippen LogP contribution in [0, 0.1) is 6.92 Å². The summed E-state index contributed by atoms with van der Waals surface area (Å²) in [6, 6.07) is -0.313. The number of amides is 1. The van der Waals surface area contributed by atoms with Gasteiger partial charge in [0.05, 0.1) is 23.0 Å². The van der Waals surface area contributed by atoms with E-state index in [1.54, 1.807) is 10.9 Å². The molecular formula is C10H17ClN4O. The van der Waals surface area contributed by atoms with Gasteiger partial charge in [-0.1, -0.05) is 18.5 Å². The molecule has 0 saturated carbocycles. The van der Waals surface area contributed by atoms with Crippen LogP contribution >= 0.6 is 11.6 Å². The molecule has 6 heteroatoms. The molecule has 1 aromatic heterocycles. The highest BCUT2D eigenvalue weighted by Crippen LogP contribution is 2.13. The van der Waals surface area contributed by atoms with Crippen molar-refractivity contribution in [3.05, 3.63) is 16.9 Å². The number of aromatic nitrogens is 2. The maximum Gasteiger partial charge on any atom is 0.234 e. The van der Waals surface area contributed by atoms with E-state index in [4.69, 9.17) is 17.3 Å². The number of halogens is 1. The molecular weight excluding hydrogens is 228 g/mol. The van der Waals surface area contributed by atoms with Crippen LogP contribution in [0.5, 0.6) is 0 Å². The van der Waals surface area contributed by atoms with Crippen LogP contribution in [0.1, 0.15) is 19.0 Å². The van der Waals surface area contributed by atoms with Crippen LogP contribution < -0.4 is 11.1 Å². The Morgan fingerprint density at radius 1 is 1.75 bits per heavy atom. The second-order valence-electron chi connectivity index (χ2n) is 3.60. The van der Waals surface area contributed by atoms with E-state index in [1.807, 2.05) is 13.8 Å². The fraction of sp³-hybridized carbons (Fsp3) is 0.600. The van der Waals surface area contributed by atoms with Crippen LogP contribution in [0.2, 0.25) is 5.02 Å². The Labute approximate surface area is 99.9 Å². The van der Waals surface area contributed by atoms with E-state index in [-0.39, 0.29) is 11.9 Å². The van der Waals surface area contributed by atoms with Gasteiger partial charge in [0.1, 0.15) is 0 Å². The topological polar surface area (TPSA) is 72.9 Å². The zero-order chi connectivity index (χ0) is 12.1. The number of hydrogen-bond acceptors (Lipinski definition) is 3. The number of carbonyl (C=O) groups is 1. The zero-order valence-corrected chi connectivity index (χ0v) is 10.3. The summed E-state index contributed by atoms with van der Waals surface area (Å²) in [5.74, 6) is -0.335. The van der Waals surface area contributed by atoms with E-state index in [1.165, 1.54) is 0 Å². The third-order valence-electron chi connectivity index (χ3n) is 2.47. The van der Waals surface area contributed by atoms with Crippen LogP contribution in [0.15, 0.2) is 6.20 Å². The van der Waals surface area contributed by atoms with E-state index in [0.717, 1.165) is 5.69 Å². The second kappa shape index (κ2) is 5.86. The predicted molar refractivity (Wildman–Crippen MR) is 63.3 cm³/mol. The van der Waals surface area contributed by atoms with Crippen molar-refractivity contribution in [3.8, 4) is 0 Å². The van der Waals surface area contributed by atoms with Crippen LogP contribution in [0.25, 0.3) is 0 Å². The molecule has 90 valence electrons.